The summed E-state index contributed by atoms with van der Waals surface area (Å²) in [5.41, 5.74) is 6.20. The van der Waals surface area contributed by atoms with Gasteiger partial charge in [-0.25, -0.2) is 4.39 Å². The van der Waals surface area contributed by atoms with E-state index in [0.29, 0.717) is 18.5 Å². The highest BCUT2D eigenvalue weighted by Gasteiger charge is 2.30. The van der Waals surface area contributed by atoms with Crippen molar-refractivity contribution in [3.8, 4) is 5.75 Å². The molecule has 0 bridgehead atoms. The Morgan fingerprint density at radius 1 is 1.57 bits per heavy atom. The number of halogens is 1. The third-order valence-corrected chi connectivity index (χ3v) is 3.70. The summed E-state index contributed by atoms with van der Waals surface area (Å²) in [5, 5.41) is 2.84. The van der Waals surface area contributed by atoms with Crippen LogP contribution in [0.25, 0.3) is 0 Å². The van der Waals surface area contributed by atoms with Gasteiger partial charge in [-0.05, 0) is 37.5 Å². The molecule has 0 saturated carbocycles. The molecule has 3 atom stereocenters. The standard InChI is InChI=1S/C15H21FN2O3/c1-9(10-3-5-13(20-2)12(16)7-10)18-15(19)14-6-4-11(8-17)21-14/h3,5,7,9,11,14H,4,6,8,17H2,1-2H3,(H,18,19). The second-order valence-electron chi connectivity index (χ2n) is 5.18. The molecule has 2 rings (SSSR count). The number of carbonyl (C=O) groups excluding carboxylic acids is 1. The molecule has 1 aliphatic rings. The zero-order valence-electron chi connectivity index (χ0n) is 12.3. The number of nitrogens with two attached hydrogens (primary N) is 1. The van der Waals surface area contributed by atoms with Crippen molar-refractivity contribution in [2.75, 3.05) is 13.7 Å². The Balaban J connectivity index is 1.96. The lowest BCUT2D eigenvalue weighted by molar-refractivity contribution is -0.132. The summed E-state index contributed by atoms with van der Waals surface area (Å²) in [5.74, 6) is -0.451. The van der Waals surface area contributed by atoms with Crippen LogP contribution < -0.4 is 15.8 Å². The highest BCUT2D eigenvalue weighted by atomic mass is 19.1. The van der Waals surface area contributed by atoms with Gasteiger partial charge in [-0.1, -0.05) is 6.07 Å². The predicted molar refractivity (Wildman–Crippen MR) is 76.5 cm³/mol. The lowest BCUT2D eigenvalue weighted by atomic mass is 10.1. The number of nitrogens with one attached hydrogen (secondary N) is 1. The number of ether oxygens (including phenoxy) is 2. The molecule has 1 aliphatic heterocycles. The molecule has 3 N–H and O–H groups in total. The van der Waals surface area contributed by atoms with Crippen LogP contribution in [0.1, 0.15) is 31.4 Å². The Kier molecular flexibility index (Phi) is 5.14. The molecule has 1 fully saturated rings. The topological polar surface area (TPSA) is 73.6 Å². The number of rotatable bonds is 5. The molecule has 21 heavy (non-hydrogen) atoms. The van der Waals surface area contributed by atoms with Crippen LogP contribution in [0.2, 0.25) is 0 Å². The van der Waals surface area contributed by atoms with Crippen LogP contribution in [0.3, 0.4) is 0 Å². The van der Waals surface area contributed by atoms with Crippen molar-refractivity contribution in [2.45, 2.75) is 38.0 Å². The summed E-state index contributed by atoms with van der Waals surface area (Å²) < 4.78 is 24.1. The van der Waals surface area contributed by atoms with Crippen molar-refractivity contribution < 1.29 is 18.7 Å². The van der Waals surface area contributed by atoms with Gasteiger partial charge in [0.2, 0.25) is 5.91 Å². The third kappa shape index (κ3) is 3.71. The number of carbonyl (C=O) groups is 1. The molecule has 116 valence electrons. The van der Waals surface area contributed by atoms with Gasteiger partial charge in [0.15, 0.2) is 11.6 Å². The Labute approximate surface area is 123 Å². The molecule has 5 nitrogen and oxygen atoms in total. The zero-order valence-corrected chi connectivity index (χ0v) is 12.3. The fourth-order valence-electron chi connectivity index (χ4n) is 2.41. The van der Waals surface area contributed by atoms with Gasteiger partial charge in [-0.3, -0.25) is 4.79 Å². The highest BCUT2D eigenvalue weighted by molar-refractivity contribution is 5.81. The predicted octanol–water partition coefficient (Wildman–Crippen LogP) is 1.52. The molecular formula is C15H21FN2O3. The summed E-state index contributed by atoms with van der Waals surface area (Å²) in [4.78, 5) is 12.1. The van der Waals surface area contributed by atoms with Crippen LogP contribution in [0, 0.1) is 5.82 Å². The van der Waals surface area contributed by atoms with E-state index in [0.717, 1.165) is 6.42 Å². The van der Waals surface area contributed by atoms with Crippen LogP contribution in [-0.2, 0) is 9.53 Å². The lowest BCUT2D eigenvalue weighted by Gasteiger charge is -2.18. The SMILES string of the molecule is COc1ccc(C(C)NC(=O)C2CCC(CN)O2)cc1F. The zero-order chi connectivity index (χ0) is 15.4. The summed E-state index contributed by atoms with van der Waals surface area (Å²) in [7, 11) is 1.41. The minimum atomic E-state index is -0.468. The molecule has 0 radical (unpaired) electrons. The van der Waals surface area contributed by atoms with Crippen molar-refractivity contribution in [2.24, 2.45) is 5.73 Å². The van der Waals surface area contributed by atoms with E-state index in [9.17, 15) is 9.18 Å². The van der Waals surface area contributed by atoms with Crippen molar-refractivity contribution in [3.05, 3.63) is 29.6 Å². The molecule has 3 unspecified atom stereocenters. The Morgan fingerprint density at radius 3 is 2.90 bits per heavy atom. The Hall–Kier alpha value is -1.66. The van der Waals surface area contributed by atoms with Crippen molar-refractivity contribution in [1.29, 1.82) is 0 Å². The van der Waals surface area contributed by atoms with Gasteiger partial charge in [-0.15, -0.1) is 0 Å². The average molecular weight is 296 g/mol. The van der Waals surface area contributed by atoms with E-state index in [1.807, 2.05) is 0 Å². The van der Waals surface area contributed by atoms with Crippen molar-refractivity contribution >= 4 is 5.91 Å². The number of hydrogen-bond donors (Lipinski definition) is 2. The first-order valence-corrected chi connectivity index (χ1v) is 7.04. The number of benzene rings is 1. The molecule has 6 heteroatoms. The third-order valence-electron chi connectivity index (χ3n) is 3.70. The first-order valence-electron chi connectivity index (χ1n) is 7.04. The molecule has 1 saturated heterocycles. The summed E-state index contributed by atoms with van der Waals surface area (Å²) in [6.07, 6.45) is 0.941. The first-order chi connectivity index (χ1) is 10.0. The maximum atomic E-state index is 13.7. The molecule has 1 heterocycles. The van der Waals surface area contributed by atoms with Gasteiger partial charge >= 0.3 is 0 Å². The van der Waals surface area contributed by atoms with Crippen molar-refractivity contribution in [1.82, 2.24) is 5.32 Å². The van der Waals surface area contributed by atoms with Gasteiger partial charge in [0, 0.05) is 6.54 Å². The molecule has 0 aliphatic carbocycles. The molecule has 1 amide bonds. The largest absolute Gasteiger partial charge is 0.494 e. The monoisotopic (exact) mass is 296 g/mol. The lowest BCUT2D eigenvalue weighted by Crippen LogP contribution is -2.37. The number of amides is 1. The van der Waals surface area contributed by atoms with E-state index < -0.39 is 11.9 Å². The maximum absolute atomic E-state index is 13.7. The van der Waals surface area contributed by atoms with E-state index in [2.05, 4.69) is 5.32 Å². The second-order valence-corrected chi connectivity index (χ2v) is 5.18. The maximum Gasteiger partial charge on any atom is 0.249 e. The van der Waals surface area contributed by atoms with E-state index in [4.69, 9.17) is 15.2 Å². The van der Waals surface area contributed by atoms with Crippen LogP contribution >= 0.6 is 0 Å². The van der Waals surface area contributed by atoms with Gasteiger partial charge in [0.05, 0.1) is 19.3 Å². The molecule has 0 spiro atoms. The quantitative estimate of drug-likeness (QED) is 0.864. The molecular weight excluding hydrogens is 275 g/mol. The van der Waals surface area contributed by atoms with Gasteiger partial charge in [0.25, 0.3) is 0 Å². The minimum Gasteiger partial charge on any atom is -0.494 e. The summed E-state index contributed by atoms with van der Waals surface area (Å²) in [6.45, 7) is 2.22. The first kappa shape index (κ1) is 15.7. The highest BCUT2D eigenvalue weighted by Crippen LogP contribution is 2.23. The van der Waals surface area contributed by atoms with Gasteiger partial charge in [-0.2, -0.15) is 0 Å². The summed E-state index contributed by atoms with van der Waals surface area (Å²) >= 11 is 0. The van der Waals surface area contributed by atoms with E-state index in [1.165, 1.54) is 13.2 Å². The van der Waals surface area contributed by atoms with Crippen LogP contribution in [0.15, 0.2) is 18.2 Å². The molecule has 0 aromatic heterocycles. The van der Waals surface area contributed by atoms with Crippen LogP contribution in [0.5, 0.6) is 5.75 Å². The second kappa shape index (κ2) is 6.87. The fourth-order valence-corrected chi connectivity index (χ4v) is 2.41. The fraction of sp³-hybridized carbons (Fsp3) is 0.533. The van der Waals surface area contributed by atoms with E-state index in [-0.39, 0.29) is 23.8 Å². The number of methoxy groups -OCH3 is 1. The smallest absolute Gasteiger partial charge is 0.249 e. The number of hydrogen-bond acceptors (Lipinski definition) is 4. The Morgan fingerprint density at radius 2 is 2.33 bits per heavy atom. The minimum absolute atomic E-state index is 0.0468. The molecule has 1 aromatic rings. The Bertz CT molecular complexity index is 510. The summed E-state index contributed by atoms with van der Waals surface area (Å²) in [6, 6.07) is 4.33. The van der Waals surface area contributed by atoms with Crippen LogP contribution in [-0.4, -0.2) is 31.8 Å². The molecule has 1 aromatic carbocycles. The van der Waals surface area contributed by atoms with E-state index in [1.54, 1.807) is 19.1 Å². The van der Waals surface area contributed by atoms with Crippen LogP contribution in [0.4, 0.5) is 4.39 Å². The van der Waals surface area contributed by atoms with Crippen molar-refractivity contribution in [3.63, 3.8) is 0 Å². The normalized spacial score (nSPS) is 22.9. The van der Waals surface area contributed by atoms with Gasteiger partial charge in [0.1, 0.15) is 6.10 Å². The van der Waals surface area contributed by atoms with E-state index >= 15 is 0 Å². The van der Waals surface area contributed by atoms with Gasteiger partial charge < -0.3 is 20.5 Å². The average Bonchev–Trinajstić information content (AvgIpc) is 2.96.